The van der Waals surface area contributed by atoms with E-state index in [1.165, 1.54) is 4.90 Å². The molecule has 7 nitrogen and oxygen atoms in total. The number of nitrogens with zero attached hydrogens (tertiary/aromatic N) is 2. The minimum Gasteiger partial charge on any atom is -0.450 e. The molecule has 8 heteroatoms. The smallest absolute Gasteiger partial charge is 0.410 e. The Morgan fingerprint density at radius 2 is 2.04 bits per heavy atom. The summed E-state index contributed by atoms with van der Waals surface area (Å²) in [5.74, 6) is -0.337. The molecule has 2 fully saturated rings. The molecule has 3 amide bonds. The van der Waals surface area contributed by atoms with Crippen molar-refractivity contribution in [3.63, 3.8) is 0 Å². The van der Waals surface area contributed by atoms with Gasteiger partial charge in [0.05, 0.1) is 44.9 Å². The average Bonchev–Trinajstić information content (AvgIpc) is 2.90. The highest BCUT2D eigenvalue weighted by molar-refractivity contribution is 9.10. The summed E-state index contributed by atoms with van der Waals surface area (Å²) >= 11 is 3.37. The zero-order valence-corrected chi connectivity index (χ0v) is 15.6. The van der Waals surface area contributed by atoms with Crippen LogP contribution in [-0.4, -0.2) is 61.6 Å². The first-order chi connectivity index (χ1) is 12.0. The van der Waals surface area contributed by atoms with Crippen LogP contribution in [0.1, 0.15) is 13.3 Å². The maximum atomic E-state index is 12.8. The summed E-state index contributed by atoms with van der Waals surface area (Å²) in [7, 11) is 0. The predicted octanol–water partition coefficient (Wildman–Crippen LogP) is 0.438. The molecule has 0 radical (unpaired) electrons. The van der Waals surface area contributed by atoms with Crippen LogP contribution in [0.5, 0.6) is 0 Å². The van der Waals surface area contributed by atoms with Crippen LogP contribution in [0.3, 0.4) is 0 Å². The van der Waals surface area contributed by atoms with Gasteiger partial charge >= 0.3 is 6.09 Å². The number of nitrogens with one attached hydrogen (secondary N) is 1. The Balaban J connectivity index is 1.66. The van der Waals surface area contributed by atoms with E-state index in [2.05, 4.69) is 15.9 Å². The molecule has 2 saturated heterocycles. The monoisotopic (exact) mass is 410 g/mol. The third-order valence-electron chi connectivity index (χ3n) is 4.64. The highest BCUT2D eigenvalue weighted by Crippen LogP contribution is 2.25. The van der Waals surface area contributed by atoms with Crippen molar-refractivity contribution < 1.29 is 24.0 Å². The average molecular weight is 411 g/mol. The number of ether oxygens (including phenoxy) is 1. The lowest BCUT2D eigenvalue weighted by molar-refractivity contribution is -0.918. The molecule has 0 saturated carbocycles. The lowest BCUT2D eigenvalue weighted by Gasteiger charge is -2.33. The summed E-state index contributed by atoms with van der Waals surface area (Å²) in [4.78, 5) is 41.0. The maximum Gasteiger partial charge on any atom is 0.410 e. The van der Waals surface area contributed by atoms with Gasteiger partial charge < -0.3 is 9.64 Å². The summed E-state index contributed by atoms with van der Waals surface area (Å²) < 4.78 is 5.83. The van der Waals surface area contributed by atoms with Crippen molar-refractivity contribution >= 4 is 39.5 Å². The first-order valence-corrected chi connectivity index (χ1v) is 9.19. The van der Waals surface area contributed by atoms with Crippen LogP contribution in [0.2, 0.25) is 0 Å². The Hall–Kier alpha value is -1.93. The molecule has 0 bridgehead atoms. The first kappa shape index (κ1) is 17.9. The summed E-state index contributed by atoms with van der Waals surface area (Å²) in [6.07, 6.45) is -0.105. The third-order valence-corrected chi connectivity index (χ3v) is 5.13. The second-order valence-electron chi connectivity index (χ2n) is 6.15. The zero-order valence-electron chi connectivity index (χ0n) is 14.0. The van der Waals surface area contributed by atoms with Gasteiger partial charge in [-0.3, -0.25) is 14.5 Å². The molecule has 2 heterocycles. The number of benzene rings is 1. The summed E-state index contributed by atoms with van der Waals surface area (Å²) in [6.45, 7) is 4.46. The van der Waals surface area contributed by atoms with E-state index in [9.17, 15) is 14.4 Å². The van der Waals surface area contributed by atoms with Crippen molar-refractivity contribution in [1.29, 1.82) is 0 Å². The molecule has 1 N–H and O–H groups in total. The van der Waals surface area contributed by atoms with Crippen molar-refractivity contribution in [2.24, 2.45) is 0 Å². The molecule has 2 aliphatic rings. The van der Waals surface area contributed by atoms with Crippen molar-refractivity contribution in [2.45, 2.75) is 19.4 Å². The minimum absolute atomic E-state index is 0.164. The number of hydrogen-bond donors (Lipinski definition) is 1. The summed E-state index contributed by atoms with van der Waals surface area (Å²) in [5.41, 5.74) is 0.594. The van der Waals surface area contributed by atoms with Gasteiger partial charge in [0.25, 0.3) is 5.91 Å². The number of piperazine rings is 1. The van der Waals surface area contributed by atoms with Gasteiger partial charge in [-0.1, -0.05) is 22.0 Å². The topological polar surface area (TPSA) is 71.4 Å². The van der Waals surface area contributed by atoms with Gasteiger partial charge in [-0.15, -0.1) is 0 Å². The van der Waals surface area contributed by atoms with Crippen LogP contribution >= 0.6 is 15.9 Å². The quantitative estimate of drug-likeness (QED) is 0.733. The number of quaternary nitrogens is 1. The number of anilines is 1. The Labute approximate surface area is 154 Å². The number of carbonyl (C=O) groups excluding carboxylic acids is 3. The number of amides is 3. The van der Waals surface area contributed by atoms with Gasteiger partial charge in [-0.25, -0.2) is 9.69 Å². The van der Waals surface area contributed by atoms with E-state index in [4.69, 9.17) is 4.74 Å². The molecule has 134 valence electrons. The maximum absolute atomic E-state index is 12.8. The number of carbonyl (C=O) groups is 3. The summed E-state index contributed by atoms with van der Waals surface area (Å²) in [5, 5.41) is 0. The molecule has 1 atom stereocenters. The van der Waals surface area contributed by atoms with Gasteiger partial charge in [-0.05, 0) is 25.1 Å². The molecule has 0 spiro atoms. The lowest BCUT2D eigenvalue weighted by Crippen LogP contribution is -3.19. The van der Waals surface area contributed by atoms with Gasteiger partial charge in [0.2, 0.25) is 5.91 Å². The first-order valence-electron chi connectivity index (χ1n) is 8.40. The van der Waals surface area contributed by atoms with Crippen LogP contribution in [0.15, 0.2) is 28.7 Å². The number of rotatable bonds is 3. The highest BCUT2D eigenvalue weighted by atomic mass is 79.9. The van der Waals surface area contributed by atoms with Crippen LogP contribution in [-0.2, 0) is 14.3 Å². The fourth-order valence-corrected chi connectivity index (χ4v) is 3.76. The van der Waals surface area contributed by atoms with E-state index in [0.29, 0.717) is 38.5 Å². The van der Waals surface area contributed by atoms with E-state index in [1.54, 1.807) is 30.0 Å². The fourth-order valence-electron chi connectivity index (χ4n) is 3.38. The molecular formula is C17H21BrN3O4+. The zero-order chi connectivity index (χ0) is 18.0. The minimum atomic E-state index is -0.379. The Bertz CT molecular complexity index is 688. The molecule has 3 rings (SSSR count). The van der Waals surface area contributed by atoms with Crippen LogP contribution in [0.25, 0.3) is 0 Å². The normalized spacial score (nSPS) is 21.8. The molecule has 0 aromatic heterocycles. The van der Waals surface area contributed by atoms with Gasteiger partial charge in [0.1, 0.15) is 0 Å². The molecule has 0 unspecified atom stereocenters. The van der Waals surface area contributed by atoms with E-state index >= 15 is 0 Å². The number of halogens is 1. The molecule has 1 aromatic rings. The molecular weight excluding hydrogens is 390 g/mol. The van der Waals surface area contributed by atoms with Crippen LogP contribution < -0.4 is 9.80 Å². The number of hydrogen-bond acceptors (Lipinski definition) is 4. The van der Waals surface area contributed by atoms with Gasteiger partial charge in [0, 0.05) is 4.47 Å². The van der Waals surface area contributed by atoms with E-state index in [1.807, 2.05) is 6.07 Å². The van der Waals surface area contributed by atoms with Crippen molar-refractivity contribution in [1.82, 2.24) is 4.90 Å². The predicted molar refractivity (Wildman–Crippen MR) is 94.3 cm³/mol. The van der Waals surface area contributed by atoms with Crippen LogP contribution in [0, 0.1) is 0 Å². The van der Waals surface area contributed by atoms with E-state index in [-0.39, 0.29) is 30.4 Å². The Morgan fingerprint density at radius 3 is 2.68 bits per heavy atom. The number of imide groups is 1. The SMILES string of the molecule is CCOC(=O)N1CC[NH+]([C@@H]2CC(=O)N(c3cccc(Br)c3)C2=O)CC1. The van der Waals surface area contributed by atoms with Crippen LogP contribution in [0.4, 0.5) is 10.5 Å². The van der Waals surface area contributed by atoms with Gasteiger partial charge in [-0.2, -0.15) is 0 Å². The molecule has 0 aliphatic carbocycles. The Morgan fingerprint density at radius 1 is 1.32 bits per heavy atom. The van der Waals surface area contributed by atoms with Crippen molar-refractivity contribution in [3.8, 4) is 0 Å². The fraction of sp³-hybridized carbons (Fsp3) is 0.471. The highest BCUT2D eigenvalue weighted by Gasteiger charge is 2.46. The standard InChI is InChI=1S/C17H20BrN3O4/c1-2-25-17(24)20-8-6-19(7-9-20)14-11-15(22)21(16(14)23)13-5-3-4-12(18)10-13/h3-5,10,14H,2,6-9,11H2,1H3/p+1/t14-/m1/s1. The van der Waals surface area contributed by atoms with Crippen molar-refractivity contribution in [3.05, 3.63) is 28.7 Å². The van der Waals surface area contributed by atoms with Gasteiger partial charge in [0.15, 0.2) is 6.04 Å². The van der Waals surface area contributed by atoms with E-state index in [0.717, 1.165) is 9.37 Å². The second kappa shape index (κ2) is 7.53. The Kier molecular flexibility index (Phi) is 5.39. The lowest BCUT2D eigenvalue weighted by atomic mass is 10.2. The largest absolute Gasteiger partial charge is 0.450 e. The molecule has 25 heavy (non-hydrogen) atoms. The van der Waals surface area contributed by atoms with Crippen molar-refractivity contribution in [2.75, 3.05) is 37.7 Å². The third kappa shape index (κ3) is 3.69. The second-order valence-corrected chi connectivity index (χ2v) is 7.06. The molecule has 2 aliphatic heterocycles. The van der Waals surface area contributed by atoms with E-state index < -0.39 is 0 Å². The summed E-state index contributed by atoms with van der Waals surface area (Å²) in [6, 6.07) is 6.81. The molecule has 1 aromatic carbocycles.